The molecular weight excluding hydrogens is 304 g/mol. The lowest BCUT2D eigenvalue weighted by Gasteiger charge is -2.08. The van der Waals surface area contributed by atoms with Crippen LogP contribution < -0.4 is 4.57 Å². The summed E-state index contributed by atoms with van der Waals surface area (Å²) in [4.78, 5) is 0. The number of hydrogen-bond acceptors (Lipinski definition) is 0. The van der Waals surface area contributed by atoms with Crippen molar-refractivity contribution < 1.29 is 8.68 Å². The summed E-state index contributed by atoms with van der Waals surface area (Å²) >= 11 is 0. The second-order valence-electron chi connectivity index (χ2n) is 6.85. The largest absolute Gasteiger partial charge is 0.295 e. The van der Waals surface area contributed by atoms with Gasteiger partial charge in [0.15, 0.2) is 11.0 Å². The van der Waals surface area contributed by atoms with Gasteiger partial charge in [0.2, 0.25) is 0 Å². The van der Waals surface area contributed by atoms with Crippen molar-refractivity contribution in [1.29, 1.82) is 0 Å². The van der Waals surface area contributed by atoms with Gasteiger partial charge in [-0.25, -0.2) is 4.57 Å². The van der Waals surface area contributed by atoms with Crippen LogP contribution in [0.5, 0.6) is 0 Å². The molecule has 0 atom stereocenters. The minimum atomic E-state index is -2.12. The standard InChI is InChI=1S/C23H21N2/c1-15-11-12-20-21(13-15)24-14-18-9-4-5-10-19(18)23(24)25(20)22-16(2)7-6-8-17(22)3/h4-13H,14H2,1-3H3/q+1/i1D3. The van der Waals surface area contributed by atoms with Gasteiger partial charge < -0.3 is 0 Å². The quantitative estimate of drug-likeness (QED) is 0.388. The summed E-state index contributed by atoms with van der Waals surface area (Å²) < 4.78 is 28.0. The van der Waals surface area contributed by atoms with Crippen molar-refractivity contribution in [1.82, 2.24) is 4.57 Å². The van der Waals surface area contributed by atoms with Crippen LogP contribution >= 0.6 is 0 Å². The molecule has 1 aliphatic heterocycles. The molecule has 0 aliphatic carbocycles. The lowest BCUT2D eigenvalue weighted by molar-refractivity contribution is -0.556. The average Bonchev–Trinajstić information content (AvgIpc) is 3.16. The van der Waals surface area contributed by atoms with Crippen LogP contribution in [0.4, 0.5) is 0 Å². The maximum atomic E-state index is 7.83. The molecule has 5 rings (SSSR count). The number of aryl methyl sites for hydroxylation is 3. The maximum absolute atomic E-state index is 7.83. The Morgan fingerprint density at radius 2 is 1.76 bits per heavy atom. The predicted molar refractivity (Wildman–Crippen MR) is 102 cm³/mol. The first-order valence-electron chi connectivity index (χ1n) is 10.1. The van der Waals surface area contributed by atoms with Crippen molar-refractivity contribution >= 4 is 11.0 Å². The van der Waals surface area contributed by atoms with E-state index in [0.29, 0.717) is 5.56 Å². The van der Waals surface area contributed by atoms with Gasteiger partial charge >= 0.3 is 0 Å². The maximum Gasteiger partial charge on any atom is 0.295 e. The number of imidazole rings is 1. The molecule has 0 bridgehead atoms. The Balaban J connectivity index is 1.93. The van der Waals surface area contributed by atoms with Crippen LogP contribution in [0.15, 0.2) is 60.7 Å². The van der Waals surface area contributed by atoms with Crippen LogP contribution in [0.1, 0.15) is 26.4 Å². The summed E-state index contributed by atoms with van der Waals surface area (Å²) in [7, 11) is 0. The number of hydrogen-bond donors (Lipinski definition) is 0. The number of aromatic nitrogens is 2. The van der Waals surface area contributed by atoms with E-state index < -0.39 is 6.85 Å². The molecule has 1 aliphatic rings. The molecule has 122 valence electrons. The third-order valence-corrected chi connectivity index (χ3v) is 5.22. The predicted octanol–water partition coefficient (Wildman–Crippen LogP) is 4.87. The number of fused-ring (bicyclic) bond motifs is 5. The molecule has 0 saturated heterocycles. The van der Waals surface area contributed by atoms with Gasteiger partial charge in [0, 0.05) is 9.68 Å². The first-order chi connectivity index (χ1) is 13.4. The van der Waals surface area contributed by atoms with Crippen LogP contribution in [-0.2, 0) is 6.54 Å². The van der Waals surface area contributed by atoms with Crippen LogP contribution in [-0.4, -0.2) is 4.57 Å². The van der Waals surface area contributed by atoms with E-state index >= 15 is 0 Å². The lowest BCUT2D eigenvalue weighted by Crippen LogP contribution is -2.34. The van der Waals surface area contributed by atoms with E-state index in [2.05, 4.69) is 65.4 Å². The van der Waals surface area contributed by atoms with E-state index in [1.807, 2.05) is 12.1 Å². The van der Waals surface area contributed by atoms with Crippen LogP contribution in [0.25, 0.3) is 28.1 Å². The smallest absolute Gasteiger partial charge is 0.218 e. The molecule has 1 aromatic heterocycles. The molecule has 4 aromatic rings. The van der Waals surface area contributed by atoms with Crippen molar-refractivity contribution in [3.63, 3.8) is 0 Å². The van der Waals surface area contributed by atoms with Crippen molar-refractivity contribution in [3.8, 4) is 17.1 Å². The second-order valence-corrected chi connectivity index (χ2v) is 6.85. The van der Waals surface area contributed by atoms with Crippen LogP contribution in [0.3, 0.4) is 0 Å². The fraction of sp³-hybridized carbons (Fsp3) is 0.174. The minimum absolute atomic E-state index is 0.380. The minimum Gasteiger partial charge on any atom is -0.218 e. The Morgan fingerprint density at radius 1 is 0.960 bits per heavy atom. The zero-order valence-corrected chi connectivity index (χ0v) is 14.4. The first kappa shape index (κ1) is 11.6. The molecule has 2 heteroatoms. The van der Waals surface area contributed by atoms with Gasteiger partial charge in [-0.2, -0.15) is 4.57 Å². The molecule has 0 spiro atoms. The lowest BCUT2D eigenvalue weighted by atomic mass is 10.1. The molecule has 25 heavy (non-hydrogen) atoms. The van der Waals surface area contributed by atoms with Crippen LogP contribution in [0, 0.1) is 20.7 Å². The van der Waals surface area contributed by atoms with Crippen molar-refractivity contribution in [3.05, 3.63) is 82.9 Å². The van der Waals surface area contributed by atoms with Gasteiger partial charge in [0.25, 0.3) is 5.82 Å². The van der Waals surface area contributed by atoms with Crippen molar-refractivity contribution in [2.45, 2.75) is 27.2 Å². The van der Waals surface area contributed by atoms with Gasteiger partial charge in [-0.3, -0.25) is 0 Å². The second kappa shape index (κ2) is 5.06. The highest BCUT2D eigenvalue weighted by Gasteiger charge is 2.35. The van der Waals surface area contributed by atoms with E-state index in [-0.39, 0.29) is 0 Å². The SMILES string of the molecule is [2H]C([2H])([2H])c1ccc2c(c1)n1c([n+]2-c2c(C)cccc2C)-c2ccccc2C1. The van der Waals surface area contributed by atoms with Crippen LogP contribution in [0.2, 0.25) is 0 Å². The molecule has 0 amide bonds. The number of benzene rings is 3. The van der Waals surface area contributed by atoms with Gasteiger partial charge in [-0.1, -0.05) is 42.5 Å². The summed E-state index contributed by atoms with van der Waals surface area (Å²) in [6, 6.07) is 20.3. The monoisotopic (exact) mass is 328 g/mol. The summed E-state index contributed by atoms with van der Waals surface area (Å²) in [5.74, 6) is 1.12. The molecule has 0 saturated carbocycles. The third-order valence-electron chi connectivity index (χ3n) is 5.22. The summed E-state index contributed by atoms with van der Waals surface area (Å²) in [6.45, 7) is 2.89. The van der Waals surface area contributed by atoms with Gasteiger partial charge in [0.1, 0.15) is 12.2 Å². The topological polar surface area (TPSA) is 8.81 Å². The fourth-order valence-corrected chi connectivity index (χ4v) is 4.13. The molecule has 0 radical (unpaired) electrons. The highest BCUT2D eigenvalue weighted by atomic mass is 15.2. The molecule has 0 fully saturated rings. The van der Waals surface area contributed by atoms with Crippen molar-refractivity contribution in [2.75, 3.05) is 0 Å². The Hall–Kier alpha value is -2.87. The third kappa shape index (κ3) is 1.94. The zero-order chi connectivity index (χ0) is 19.6. The molecule has 2 heterocycles. The summed E-state index contributed by atoms with van der Waals surface area (Å²) in [5.41, 5.74) is 8.41. The van der Waals surface area contributed by atoms with Gasteiger partial charge in [0.05, 0.1) is 5.56 Å². The Bertz CT molecular complexity index is 1230. The van der Waals surface area contributed by atoms with Crippen molar-refractivity contribution in [2.24, 2.45) is 0 Å². The number of para-hydroxylation sites is 1. The fourth-order valence-electron chi connectivity index (χ4n) is 4.13. The molecule has 3 aromatic carbocycles. The highest BCUT2D eigenvalue weighted by Crippen LogP contribution is 2.35. The van der Waals surface area contributed by atoms with Gasteiger partial charge in [-0.05, 0) is 55.6 Å². The molecule has 2 nitrogen and oxygen atoms in total. The molecule has 0 unspecified atom stereocenters. The Morgan fingerprint density at radius 3 is 2.56 bits per heavy atom. The van der Waals surface area contributed by atoms with E-state index in [0.717, 1.165) is 23.4 Å². The number of rotatable bonds is 1. The summed E-state index contributed by atoms with van der Waals surface area (Å²) in [6.07, 6.45) is 0. The Kier molecular flexibility index (Phi) is 2.36. The van der Waals surface area contributed by atoms with Gasteiger partial charge in [-0.15, -0.1) is 0 Å². The van der Waals surface area contributed by atoms with E-state index in [1.165, 1.54) is 27.9 Å². The summed E-state index contributed by atoms with van der Waals surface area (Å²) in [5, 5.41) is 0. The van der Waals surface area contributed by atoms with E-state index in [4.69, 9.17) is 4.11 Å². The normalized spacial score (nSPS) is 14.7. The molecular formula is C23H21N2+. The Labute approximate surface area is 152 Å². The average molecular weight is 328 g/mol. The molecule has 0 N–H and O–H groups in total. The highest BCUT2D eigenvalue weighted by molar-refractivity contribution is 5.80. The zero-order valence-electron chi connectivity index (χ0n) is 17.4. The first-order valence-corrected chi connectivity index (χ1v) is 8.60. The van der Waals surface area contributed by atoms with E-state index in [9.17, 15) is 0 Å². The van der Waals surface area contributed by atoms with E-state index in [1.54, 1.807) is 6.07 Å². The number of nitrogens with zero attached hydrogens (tertiary/aromatic N) is 2.